The molecule has 116 heavy (non-hydrogen) atoms. The van der Waals surface area contributed by atoms with Gasteiger partial charge in [0.2, 0.25) is 70.9 Å². The van der Waals surface area contributed by atoms with Gasteiger partial charge in [0, 0.05) is 56.8 Å². The van der Waals surface area contributed by atoms with E-state index in [1.807, 2.05) is 0 Å². The highest BCUT2D eigenvalue weighted by Gasteiger charge is 2.41. The number of phenolic OH excluding ortho intramolecular Hbond substituents is 1. The van der Waals surface area contributed by atoms with Crippen molar-refractivity contribution in [2.45, 2.75) is 230 Å². The van der Waals surface area contributed by atoms with Gasteiger partial charge in [0.05, 0.1) is 125 Å². The van der Waals surface area contributed by atoms with Crippen LogP contribution in [-0.4, -0.2) is 284 Å². The second-order valence-corrected chi connectivity index (χ2v) is 31.1. The van der Waals surface area contributed by atoms with E-state index in [0.29, 0.717) is 117 Å². The van der Waals surface area contributed by atoms with E-state index in [9.17, 15) is 72.5 Å². The number of amides is 12. The van der Waals surface area contributed by atoms with Crippen molar-refractivity contribution in [2.24, 2.45) is 23.1 Å². The number of nitrogens with one attached hydrogen (secondary N) is 9. The fourth-order valence-electron chi connectivity index (χ4n) is 12.1. The Bertz CT molecular complexity index is 3050. The summed E-state index contributed by atoms with van der Waals surface area (Å²) in [7, 11) is 1.95. The topological polar surface area (TPSA) is 526 Å². The number of benzene rings is 1. The summed E-state index contributed by atoms with van der Waals surface area (Å²) in [6.07, 6.45) is 16.4. The molecule has 0 bridgehead atoms. The van der Waals surface area contributed by atoms with Crippen LogP contribution in [-0.2, 0) is 107 Å². The van der Waals surface area contributed by atoms with Gasteiger partial charge in [0.25, 0.3) is 0 Å². The first-order valence-electron chi connectivity index (χ1n) is 41.1. The molecule has 1 aromatic carbocycles. The van der Waals surface area contributed by atoms with Crippen LogP contribution in [0.1, 0.15) is 180 Å². The van der Waals surface area contributed by atoms with E-state index in [1.54, 1.807) is 13.8 Å². The van der Waals surface area contributed by atoms with Gasteiger partial charge < -0.3 is 118 Å². The number of carboxylic acid groups (broad SMARTS) is 1. The van der Waals surface area contributed by atoms with Gasteiger partial charge in [-0.2, -0.15) is 0 Å². The lowest BCUT2D eigenvalue weighted by Crippen LogP contribution is -2.61. The van der Waals surface area contributed by atoms with E-state index in [0.717, 1.165) is 34.4 Å². The maximum Gasteiger partial charge on any atom is 0.305 e. The molecule has 38 heteroatoms. The molecule has 17 N–H and O–H groups in total. The van der Waals surface area contributed by atoms with Crippen molar-refractivity contribution in [3.05, 3.63) is 29.8 Å². The number of hydrogen-bond acceptors (Lipinski definition) is 25. The number of aromatic hydroxyl groups is 1. The number of phenols is 1. The van der Waals surface area contributed by atoms with Crippen molar-refractivity contribution in [1.82, 2.24) is 52.8 Å². The van der Waals surface area contributed by atoms with Gasteiger partial charge in [-0.15, -0.1) is 0 Å². The van der Waals surface area contributed by atoms with Crippen molar-refractivity contribution in [3.8, 4) is 5.75 Å². The number of nitrogens with two attached hydrogens (primary N) is 3. The van der Waals surface area contributed by atoms with Crippen LogP contribution in [0.3, 0.4) is 0 Å². The number of aliphatic carboxylic acids is 1. The number of carbonyl (C=O) groups excluding carboxylic acids is 12. The van der Waals surface area contributed by atoms with Gasteiger partial charge >= 0.3 is 5.97 Å². The number of likely N-dealkylation sites (tertiary alicyclic amines) is 1. The number of nitrogens with zero attached hydrogens (tertiary/aromatic N) is 1. The lowest BCUT2D eigenvalue weighted by atomic mass is 9.96. The third-order valence-electron chi connectivity index (χ3n) is 18.9. The van der Waals surface area contributed by atoms with Gasteiger partial charge in [0.1, 0.15) is 48.0 Å². The van der Waals surface area contributed by atoms with E-state index in [1.165, 1.54) is 99.8 Å². The molecule has 2 saturated heterocycles. The summed E-state index contributed by atoms with van der Waals surface area (Å²) in [4.78, 5) is 175. The number of carboxylic acids is 1. The summed E-state index contributed by atoms with van der Waals surface area (Å²) >= 11 is 0. The molecule has 0 radical (unpaired) electrons. The number of carbonyl (C=O) groups is 13. The third kappa shape index (κ3) is 48.4. The Morgan fingerprint density at radius 2 is 1.03 bits per heavy atom. The van der Waals surface area contributed by atoms with Gasteiger partial charge in [-0.25, -0.2) is 0 Å². The van der Waals surface area contributed by atoms with E-state index < -0.39 is 145 Å². The lowest BCUT2D eigenvalue weighted by Gasteiger charge is -2.31. The summed E-state index contributed by atoms with van der Waals surface area (Å²) in [6, 6.07) is -5.95. The Balaban J connectivity index is 1.38. The Hall–Kier alpha value is -7.53. The minimum absolute atomic E-state index is 0.00505. The molecule has 9 atom stereocenters. The summed E-state index contributed by atoms with van der Waals surface area (Å²) in [5, 5.41) is 43.4. The zero-order valence-electron chi connectivity index (χ0n) is 68.2. The normalized spacial score (nSPS) is 19.1. The molecule has 0 aromatic heterocycles. The van der Waals surface area contributed by atoms with Crippen molar-refractivity contribution >= 4 is 98.4 Å². The van der Waals surface area contributed by atoms with Crippen LogP contribution < -0.4 is 65.1 Å². The van der Waals surface area contributed by atoms with Crippen LogP contribution in [0, 0.1) is 5.92 Å². The zero-order chi connectivity index (χ0) is 84.9. The van der Waals surface area contributed by atoms with E-state index in [-0.39, 0.29) is 101 Å². The Labute approximate surface area is 690 Å². The largest absolute Gasteiger partial charge is 0.508 e. The minimum atomic E-state index is -1.93. The fourth-order valence-corrected chi connectivity index (χ4v) is 14.4. The van der Waals surface area contributed by atoms with Crippen LogP contribution in [0.5, 0.6) is 5.75 Å². The van der Waals surface area contributed by atoms with E-state index in [2.05, 4.69) is 54.8 Å². The molecule has 2 heterocycles. The zero-order valence-corrected chi connectivity index (χ0v) is 69.8. The summed E-state index contributed by atoms with van der Waals surface area (Å²) < 4.78 is 44.4. The smallest absolute Gasteiger partial charge is 0.305 e. The van der Waals surface area contributed by atoms with Crippen molar-refractivity contribution in [2.75, 3.05) is 143 Å². The standard InChI is InChI=1S/C78H133N13O23S2/c1-4-6-7-8-9-10-11-12-13-14-15-16-17-23-67(95)83-32-35-108-37-39-110-41-43-112-45-47-114-49-48-113-46-44-111-42-40-109-38-36-107-34-30-68(96)82-31-19-18-21-59(72(100)84-52-66(81)94)85-76(104)64-22-20-33-91(64)78(106)63-54-116-115-53-58(79)71(99)87-61(50-56-24-26-57(92)27-25-56)75(103)90-70(55(3)5-2)77(105)86-60(28-29-65(80)93)73(101)88-62(51-69(97)98)74(102)89-63/h24-27,55,58-64,70,92H,4-23,28-54,79H2,1-3H3,(H2,80,93)(H2,81,94)(H,82,96)(H,83,95)(H,84,100)(H,85,104)(H,86,105)(H,87,99)(H,88,101)(H,89,102)(H,90,103)(H,97,98)/t55-,58-,59-,60-,61-,62-,63-,64-,70-/m0/s1. The molecular weight excluding hydrogens is 1550 g/mol. The number of hydrogen-bond donors (Lipinski definition) is 14. The fraction of sp³-hybridized carbons (Fsp3) is 0.756. The van der Waals surface area contributed by atoms with Crippen molar-refractivity contribution in [1.29, 1.82) is 0 Å². The second kappa shape index (κ2) is 64.5. The summed E-state index contributed by atoms with van der Waals surface area (Å²) in [5.41, 5.74) is 17.6. The number of unbranched alkanes of at least 4 members (excludes halogenated alkanes) is 13. The molecule has 0 aliphatic carbocycles. The van der Waals surface area contributed by atoms with E-state index in [4.69, 9.17) is 55.1 Å². The monoisotopic (exact) mass is 1680 g/mol. The van der Waals surface area contributed by atoms with Crippen LogP contribution in [0.25, 0.3) is 0 Å². The van der Waals surface area contributed by atoms with Crippen molar-refractivity contribution < 1.29 is 110 Å². The third-order valence-corrected chi connectivity index (χ3v) is 21.4. The molecule has 2 fully saturated rings. The highest BCUT2D eigenvalue weighted by molar-refractivity contribution is 8.76. The van der Waals surface area contributed by atoms with E-state index >= 15 is 0 Å². The van der Waals surface area contributed by atoms with Crippen LogP contribution in [0.4, 0.5) is 0 Å². The van der Waals surface area contributed by atoms with Crippen LogP contribution in [0.15, 0.2) is 24.3 Å². The molecule has 36 nitrogen and oxygen atoms in total. The Morgan fingerprint density at radius 3 is 1.57 bits per heavy atom. The van der Waals surface area contributed by atoms with Crippen LogP contribution in [0.2, 0.25) is 0 Å². The first kappa shape index (κ1) is 103. The van der Waals surface area contributed by atoms with Gasteiger partial charge in [-0.3, -0.25) is 62.3 Å². The molecule has 2 aliphatic rings. The molecule has 2 aliphatic heterocycles. The van der Waals surface area contributed by atoms with Gasteiger partial charge in [0.15, 0.2) is 0 Å². The molecule has 3 rings (SSSR count). The molecule has 660 valence electrons. The number of ether oxygens (including phenoxy) is 8. The number of rotatable bonds is 61. The molecule has 0 unspecified atom stereocenters. The molecular formula is C78H133N13O23S2. The van der Waals surface area contributed by atoms with Crippen LogP contribution >= 0.6 is 21.6 Å². The quantitative estimate of drug-likeness (QED) is 0.0323. The lowest BCUT2D eigenvalue weighted by molar-refractivity contribution is -0.143. The first-order valence-corrected chi connectivity index (χ1v) is 43.5. The van der Waals surface area contributed by atoms with Crippen molar-refractivity contribution in [3.63, 3.8) is 0 Å². The Morgan fingerprint density at radius 1 is 0.534 bits per heavy atom. The maximum atomic E-state index is 14.8. The predicted molar refractivity (Wildman–Crippen MR) is 435 cm³/mol. The van der Waals surface area contributed by atoms with Gasteiger partial charge in [-0.05, 0) is 68.6 Å². The Kier molecular flexibility index (Phi) is 57.1. The summed E-state index contributed by atoms with van der Waals surface area (Å²) in [6.45, 7) is 11.5. The number of primary amides is 2. The summed E-state index contributed by atoms with van der Waals surface area (Å²) in [5.74, 6) is -12.0. The maximum absolute atomic E-state index is 14.8. The predicted octanol–water partition coefficient (Wildman–Crippen LogP) is 1.35. The highest BCUT2D eigenvalue weighted by atomic mass is 33.1. The molecule has 12 amide bonds. The van der Waals surface area contributed by atoms with Gasteiger partial charge in [-0.1, -0.05) is 138 Å². The minimum Gasteiger partial charge on any atom is -0.508 e. The molecule has 0 saturated carbocycles. The molecule has 0 spiro atoms. The SMILES string of the molecule is CCCCCCCCCCCCCCCC(=O)NCCOCCOCCOCCOCCOCCOCCOCCOCCC(=O)NCCCC[C@H](NC(=O)[C@@H]1CCCN1C(=O)[C@@H]1CSSC[C@H](N)C(=O)N[C@@H](Cc2ccc(O)cc2)C(=O)N[C@@H]([C@@H](C)CC)C(=O)N[C@@H](CCC(N)=O)C(=O)N[C@@H](CC(=O)O)C(=O)N1)C(=O)NCC(N)=O. The highest BCUT2D eigenvalue weighted by Crippen LogP contribution is 2.27. The first-order chi connectivity index (χ1) is 55.9. The average Bonchev–Trinajstić information content (AvgIpc) is 1.63. The average molecular weight is 1690 g/mol. The second-order valence-electron chi connectivity index (χ2n) is 28.5. The molecule has 1 aromatic rings.